The zero-order chi connectivity index (χ0) is 13.5. The van der Waals surface area contributed by atoms with Crippen LogP contribution in [0.4, 0.5) is 0 Å². The van der Waals surface area contributed by atoms with Crippen molar-refractivity contribution >= 4 is 0 Å². The molecule has 4 atom stereocenters. The molecule has 4 aliphatic heterocycles. The lowest BCUT2D eigenvalue weighted by molar-refractivity contribution is -0.316. The first kappa shape index (κ1) is 12.5. The number of hydrogen-bond acceptors (Lipinski definition) is 6. The predicted octanol–water partition coefficient (Wildman–Crippen LogP) is 0.785. The van der Waals surface area contributed by atoms with E-state index in [0.29, 0.717) is 19.8 Å². The van der Waals surface area contributed by atoms with Crippen LogP contribution >= 0.6 is 0 Å². The molecule has 0 amide bonds. The third-order valence-corrected chi connectivity index (χ3v) is 4.24. The summed E-state index contributed by atoms with van der Waals surface area (Å²) in [4.78, 5) is 0. The van der Waals surface area contributed by atoms with Gasteiger partial charge in [-0.1, -0.05) is 0 Å². The molecule has 4 rings (SSSR count). The highest BCUT2D eigenvalue weighted by Gasteiger charge is 2.78. The molecule has 0 unspecified atom stereocenters. The van der Waals surface area contributed by atoms with Crippen molar-refractivity contribution in [3.63, 3.8) is 0 Å². The normalized spacial score (nSPS) is 53.7. The quantitative estimate of drug-likeness (QED) is 0.608. The zero-order valence-corrected chi connectivity index (χ0v) is 11.7. The maximum atomic E-state index is 6.03. The van der Waals surface area contributed by atoms with Crippen molar-refractivity contribution in [2.45, 2.75) is 62.9 Å². The topological polar surface area (TPSA) is 58.7 Å². The average Bonchev–Trinajstić information content (AvgIpc) is 2.94. The maximum Gasteiger partial charge on any atom is 0.229 e. The Hall–Kier alpha value is -0.240. The highest BCUT2D eigenvalue weighted by Crippen LogP contribution is 2.56. The standard InChI is InChI=1S/C13H20O6/c1-10(2)15-7-13(19-10)12(6-16-12)9-8(5-14-13)17-11(3,4)18-9/h8-9H,5-7H2,1-4H3/t8-,9-,12-,13+/m1/s1. The van der Waals surface area contributed by atoms with Gasteiger partial charge in [0.25, 0.3) is 0 Å². The van der Waals surface area contributed by atoms with Crippen molar-refractivity contribution in [2.75, 3.05) is 19.8 Å². The van der Waals surface area contributed by atoms with E-state index < -0.39 is 23.0 Å². The highest BCUT2D eigenvalue weighted by molar-refractivity contribution is 5.18. The van der Waals surface area contributed by atoms with Crippen molar-refractivity contribution in [3.8, 4) is 0 Å². The summed E-state index contributed by atoms with van der Waals surface area (Å²) >= 11 is 0. The van der Waals surface area contributed by atoms with Crippen LogP contribution in [-0.4, -0.2) is 55.0 Å². The number of ether oxygens (including phenoxy) is 6. The first-order chi connectivity index (χ1) is 8.78. The van der Waals surface area contributed by atoms with Gasteiger partial charge < -0.3 is 28.4 Å². The van der Waals surface area contributed by atoms with Crippen LogP contribution < -0.4 is 0 Å². The smallest absolute Gasteiger partial charge is 0.229 e. The molecule has 2 spiro atoms. The molecule has 0 aromatic rings. The van der Waals surface area contributed by atoms with E-state index in [1.807, 2.05) is 27.7 Å². The van der Waals surface area contributed by atoms with E-state index in [4.69, 9.17) is 28.4 Å². The van der Waals surface area contributed by atoms with Gasteiger partial charge in [0.2, 0.25) is 5.79 Å². The Labute approximate surface area is 112 Å². The summed E-state index contributed by atoms with van der Waals surface area (Å²) in [5, 5.41) is 0. The van der Waals surface area contributed by atoms with Crippen LogP contribution in [0, 0.1) is 0 Å². The summed E-state index contributed by atoms with van der Waals surface area (Å²) in [6.45, 7) is 8.90. The highest BCUT2D eigenvalue weighted by atomic mass is 16.9. The van der Waals surface area contributed by atoms with E-state index in [1.54, 1.807) is 0 Å². The van der Waals surface area contributed by atoms with E-state index in [-0.39, 0.29) is 12.2 Å². The van der Waals surface area contributed by atoms with Gasteiger partial charge in [-0.05, 0) is 27.7 Å². The minimum Gasteiger partial charge on any atom is -0.361 e. The first-order valence-electron chi connectivity index (χ1n) is 6.75. The van der Waals surface area contributed by atoms with E-state index >= 15 is 0 Å². The molecule has 0 aromatic carbocycles. The first-order valence-corrected chi connectivity index (χ1v) is 6.75. The van der Waals surface area contributed by atoms with Gasteiger partial charge >= 0.3 is 0 Å². The van der Waals surface area contributed by atoms with Crippen LogP contribution in [0.3, 0.4) is 0 Å². The molecule has 4 aliphatic rings. The summed E-state index contributed by atoms with van der Waals surface area (Å²) in [6, 6.07) is 0. The van der Waals surface area contributed by atoms with E-state index in [2.05, 4.69) is 0 Å². The second-order valence-electron chi connectivity index (χ2n) is 6.63. The van der Waals surface area contributed by atoms with E-state index in [9.17, 15) is 0 Å². The van der Waals surface area contributed by atoms with Crippen LogP contribution in [0.25, 0.3) is 0 Å². The molecule has 0 aromatic heterocycles. The largest absolute Gasteiger partial charge is 0.361 e. The maximum absolute atomic E-state index is 6.03. The van der Waals surface area contributed by atoms with Gasteiger partial charge in [0.15, 0.2) is 17.2 Å². The van der Waals surface area contributed by atoms with Gasteiger partial charge in [-0.25, -0.2) is 0 Å². The molecule has 19 heavy (non-hydrogen) atoms. The summed E-state index contributed by atoms with van der Waals surface area (Å²) < 4.78 is 35.3. The fraction of sp³-hybridized carbons (Fsp3) is 1.00. The van der Waals surface area contributed by atoms with Crippen molar-refractivity contribution in [1.82, 2.24) is 0 Å². The summed E-state index contributed by atoms with van der Waals surface area (Å²) in [5.74, 6) is -2.15. The zero-order valence-electron chi connectivity index (χ0n) is 11.7. The Morgan fingerprint density at radius 1 is 0.842 bits per heavy atom. The van der Waals surface area contributed by atoms with Crippen molar-refractivity contribution in [2.24, 2.45) is 0 Å². The van der Waals surface area contributed by atoms with Gasteiger partial charge in [0.05, 0.1) is 13.2 Å². The molecule has 6 heteroatoms. The third kappa shape index (κ3) is 1.58. The fourth-order valence-corrected chi connectivity index (χ4v) is 3.37. The molecular formula is C13H20O6. The molecule has 4 heterocycles. The molecular weight excluding hydrogens is 252 g/mol. The molecule has 0 bridgehead atoms. The van der Waals surface area contributed by atoms with Gasteiger partial charge in [-0.3, -0.25) is 0 Å². The van der Waals surface area contributed by atoms with Gasteiger partial charge in [-0.2, -0.15) is 0 Å². The van der Waals surface area contributed by atoms with Crippen molar-refractivity contribution in [1.29, 1.82) is 0 Å². The average molecular weight is 272 g/mol. The lowest BCUT2D eigenvalue weighted by Crippen LogP contribution is -2.64. The number of rotatable bonds is 0. The van der Waals surface area contributed by atoms with Crippen molar-refractivity contribution < 1.29 is 28.4 Å². The molecule has 0 aliphatic carbocycles. The Morgan fingerprint density at radius 2 is 1.58 bits per heavy atom. The summed E-state index contributed by atoms with van der Waals surface area (Å²) in [6.07, 6.45) is -0.288. The fourth-order valence-electron chi connectivity index (χ4n) is 3.37. The Bertz CT molecular complexity index is 413. The van der Waals surface area contributed by atoms with Crippen LogP contribution in [-0.2, 0) is 28.4 Å². The monoisotopic (exact) mass is 272 g/mol. The molecule has 0 saturated carbocycles. The second-order valence-corrected chi connectivity index (χ2v) is 6.63. The minimum absolute atomic E-state index is 0.115. The van der Waals surface area contributed by atoms with E-state index in [0.717, 1.165) is 0 Å². The molecule has 108 valence electrons. The predicted molar refractivity (Wildman–Crippen MR) is 62.3 cm³/mol. The number of hydrogen-bond donors (Lipinski definition) is 0. The SMILES string of the molecule is CC1(C)O[C@@H]2[C@@H](CO[C@]3(COC(C)(C)O3)[C@@]23CO3)O1. The molecule has 4 saturated heterocycles. The van der Waals surface area contributed by atoms with Crippen LogP contribution in [0.5, 0.6) is 0 Å². The van der Waals surface area contributed by atoms with Crippen LogP contribution in [0.1, 0.15) is 27.7 Å². The van der Waals surface area contributed by atoms with Crippen LogP contribution in [0.2, 0.25) is 0 Å². The lowest BCUT2D eigenvalue weighted by atomic mass is 9.87. The number of fused-ring (bicyclic) bond motifs is 3. The van der Waals surface area contributed by atoms with Gasteiger partial charge in [-0.15, -0.1) is 0 Å². The Kier molecular flexibility index (Phi) is 2.18. The summed E-state index contributed by atoms with van der Waals surface area (Å²) in [7, 11) is 0. The van der Waals surface area contributed by atoms with E-state index in [1.165, 1.54) is 0 Å². The molecule has 0 N–H and O–H groups in total. The lowest BCUT2D eigenvalue weighted by Gasteiger charge is -2.42. The number of epoxide rings is 1. The van der Waals surface area contributed by atoms with Gasteiger partial charge in [0.1, 0.15) is 18.8 Å². The summed E-state index contributed by atoms with van der Waals surface area (Å²) in [5.41, 5.74) is -0.600. The minimum atomic E-state index is -0.874. The molecule has 4 fully saturated rings. The Morgan fingerprint density at radius 3 is 2.16 bits per heavy atom. The molecule has 6 nitrogen and oxygen atoms in total. The third-order valence-electron chi connectivity index (χ3n) is 4.24. The Balaban J connectivity index is 1.67. The van der Waals surface area contributed by atoms with Crippen LogP contribution in [0.15, 0.2) is 0 Å². The molecule has 0 radical (unpaired) electrons. The second kappa shape index (κ2) is 3.32. The van der Waals surface area contributed by atoms with Crippen molar-refractivity contribution in [3.05, 3.63) is 0 Å². The van der Waals surface area contributed by atoms with Gasteiger partial charge in [0, 0.05) is 0 Å².